The number of nitrogens with zero attached hydrogens (tertiary/aromatic N) is 3. The van der Waals surface area contributed by atoms with Gasteiger partial charge >= 0.3 is 5.97 Å². The third-order valence-electron chi connectivity index (χ3n) is 6.95. The van der Waals surface area contributed by atoms with Crippen LogP contribution in [0.5, 0.6) is 5.75 Å². The highest BCUT2D eigenvalue weighted by molar-refractivity contribution is 5.82. The van der Waals surface area contributed by atoms with Crippen molar-refractivity contribution in [2.45, 2.75) is 65.3 Å². The second kappa shape index (κ2) is 12.8. The number of pyridine rings is 1. The van der Waals surface area contributed by atoms with E-state index in [1.807, 2.05) is 37.4 Å². The Kier molecular flexibility index (Phi) is 9.42. The summed E-state index contributed by atoms with van der Waals surface area (Å²) in [6.07, 6.45) is 2.65. The Labute approximate surface area is 228 Å². The number of hydrogen-bond donors (Lipinski definition) is 2. The van der Waals surface area contributed by atoms with Gasteiger partial charge in [0.1, 0.15) is 24.2 Å². The molecule has 3 aromatic rings. The number of aliphatic hydroxyl groups excluding tert-OH is 1. The summed E-state index contributed by atoms with van der Waals surface area (Å²) >= 11 is 0. The number of aromatic nitrogens is 3. The van der Waals surface area contributed by atoms with Crippen LogP contribution in [0.3, 0.4) is 0 Å². The summed E-state index contributed by atoms with van der Waals surface area (Å²) in [6, 6.07) is 6.88. The van der Waals surface area contributed by atoms with E-state index in [-0.39, 0.29) is 11.7 Å². The van der Waals surface area contributed by atoms with Gasteiger partial charge in [0.15, 0.2) is 0 Å². The number of benzene rings is 1. The predicted octanol–water partition coefficient (Wildman–Crippen LogP) is 2.81. The van der Waals surface area contributed by atoms with E-state index in [4.69, 9.17) is 19.2 Å². The molecule has 1 aromatic carbocycles. The molecule has 1 saturated heterocycles. The van der Waals surface area contributed by atoms with Gasteiger partial charge in [-0.2, -0.15) is 0 Å². The van der Waals surface area contributed by atoms with Crippen molar-refractivity contribution >= 4 is 17.0 Å². The maximum atomic E-state index is 12.3. The van der Waals surface area contributed by atoms with Crippen molar-refractivity contribution < 1.29 is 24.1 Å². The predicted molar refractivity (Wildman–Crippen MR) is 149 cm³/mol. The average Bonchev–Trinajstić information content (AvgIpc) is 3.24. The van der Waals surface area contributed by atoms with E-state index in [0.29, 0.717) is 30.4 Å². The van der Waals surface area contributed by atoms with Gasteiger partial charge < -0.3 is 28.5 Å². The molecule has 0 bridgehead atoms. The number of esters is 1. The number of aryl methyl sites for hydroxylation is 2. The molecule has 0 unspecified atom stereocenters. The number of ether oxygens (including phenoxy) is 3. The molecule has 39 heavy (non-hydrogen) atoms. The van der Waals surface area contributed by atoms with Gasteiger partial charge in [0.2, 0.25) is 0 Å². The minimum atomic E-state index is -0.897. The largest absolute Gasteiger partial charge is 0.492 e. The summed E-state index contributed by atoms with van der Waals surface area (Å²) in [4.78, 5) is 29.5. The van der Waals surface area contributed by atoms with Crippen molar-refractivity contribution in [1.29, 1.82) is 0 Å². The summed E-state index contributed by atoms with van der Waals surface area (Å²) in [5, 5.41) is 13.0. The number of carbonyl (C=O) groups is 1. The molecule has 2 aromatic heterocycles. The zero-order chi connectivity index (χ0) is 28.1. The van der Waals surface area contributed by atoms with E-state index in [1.165, 1.54) is 0 Å². The molecule has 10 nitrogen and oxygen atoms in total. The third-order valence-corrected chi connectivity index (χ3v) is 6.95. The van der Waals surface area contributed by atoms with E-state index < -0.39 is 18.1 Å². The molecule has 0 amide bonds. The van der Waals surface area contributed by atoms with E-state index >= 15 is 0 Å². The Balaban J connectivity index is 1.56. The topological polar surface area (TPSA) is 117 Å². The van der Waals surface area contributed by atoms with Gasteiger partial charge in [0, 0.05) is 56.7 Å². The lowest BCUT2D eigenvalue weighted by atomic mass is 10.00. The van der Waals surface area contributed by atoms with Gasteiger partial charge in [-0.3, -0.25) is 14.9 Å². The van der Waals surface area contributed by atoms with Crippen LogP contribution in [-0.2, 0) is 27.9 Å². The summed E-state index contributed by atoms with van der Waals surface area (Å²) in [6.45, 7) is 9.86. The second-order valence-corrected chi connectivity index (χ2v) is 10.6. The standard InChI is InChI=1S/C29H40N4O6/c1-18(2)39-29(36)26(20(4)34)30-10-13-38-23-6-7-24-25(15-23)33(16-21-8-11-37-12-9-21)27(31-24)22-14-19(3)28(35)32(5)17-22/h6-7,14-15,17-18,20-21,26,30,34H,8-13,16H2,1-5H3/t20-,26+/m1/s1. The van der Waals surface area contributed by atoms with E-state index in [2.05, 4.69) is 9.88 Å². The first-order valence-corrected chi connectivity index (χ1v) is 13.6. The lowest BCUT2D eigenvalue weighted by molar-refractivity contribution is -0.152. The molecule has 2 atom stereocenters. The van der Waals surface area contributed by atoms with Crippen molar-refractivity contribution in [1.82, 2.24) is 19.4 Å². The zero-order valence-electron chi connectivity index (χ0n) is 23.5. The first kappa shape index (κ1) is 28.8. The lowest BCUT2D eigenvalue weighted by Crippen LogP contribution is -2.47. The SMILES string of the molecule is Cc1cc(-c2nc3ccc(OCCN[C@H](C(=O)OC(C)C)[C@@H](C)O)cc3n2CC2CCOCC2)cn(C)c1=O. The third kappa shape index (κ3) is 7.06. The van der Waals surface area contributed by atoms with Crippen molar-refractivity contribution in [3.63, 3.8) is 0 Å². The van der Waals surface area contributed by atoms with Crippen LogP contribution in [0.4, 0.5) is 0 Å². The number of nitrogens with one attached hydrogen (secondary N) is 1. The Morgan fingerprint density at radius 2 is 1.97 bits per heavy atom. The fourth-order valence-corrected chi connectivity index (χ4v) is 4.92. The van der Waals surface area contributed by atoms with Gasteiger partial charge in [-0.1, -0.05) is 0 Å². The van der Waals surface area contributed by atoms with E-state index in [0.717, 1.165) is 55.0 Å². The molecular formula is C29H40N4O6. The second-order valence-electron chi connectivity index (χ2n) is 10.6. The number of aliphatic hydroxyl groups is 1. The molecule has 2 N–H and O–H groups in total. The number of hydrogen-bond acceptors (Lipinski definition) is 8. The van der Waals surface area contributed by atoms with Crippen LogP contribution in [0.1, 0.15) is 39.2 Å². The number of fused-ring (bicyclic) bond motifs is 1. The minimum absolute atomic E-state index is 0.0227. The molecule has 0 aliphatic carbocycles. The molecule has 0 spiro atoms. The van der Waals surface area contributed by atoms with Crippen molar-refractivity contribution in [2.75, 3.05) is 26.4 Å². The van der Waals surface area contributed by atoms with Gasteiger partial charge in [0.05, 0.1) is 23.2 Å². The molecule has 3 heterocycles. The molecule has 1 aliphatic rings. The zero-order valence-corrected chi connectivity index (χ0v) is 23.5. The highest BCUT2D eigenvalue weighted by Gasteiger charge is 2.25. The first-order valence-electron chi connectivity index (χ1n) is 13.6. The number of imidazole rings is 1. The number of carbonyl (C=O) groups excluding carboxylic acids is 1. The molecule has 212 valence electrons. The minimum Gasteiger partial charge on any atom is -0.492 e. The molecule has 1 aliphatic heterocycles. The van der Waals surface area contributed by atoms with Crippen LogP contribution in [0.15, 0.2) is 35.3 Å². The van der Waals surface area contributed by atoms with Gasteiger partial charge in [-0.15, -0.1) is 0 Å². The highest BCUT2D eigenvalue weighted by atomic mass is 16.5. The summed E-state index contributed by atoms with van der Waals surface area (Å²) < 4.78 is 20.6. The first-order chi connectivity index (χ1) is 18.6. The van der Waals surface area contributed by atoms with E-state index in [9.17, 15) is 14.7 Å². The highest BCUT2D eigenvalue weighted by Crippen LogP contribution is 2.30. The van der Waals surface area contributed by atoms with Gasteiger partial charge in [0.25, 0.3) is 5.56 Å². The molecule has 0 saturated carbocycles. The van der Waals surface area contributed by atoms with Crippen LogP contribution in [0, 0.1) is 12.8 Å². The van der Waals surface area contributed by atoms with Crippen molar-refractivity contribution in [2.24, 2.45) is 13.0 Å². The Hall–Kier alpha value is -3.21. The lowest BCUT2D eigenvalue weighted by Gasteiger charge is -2.24. The summed E-state index contributed by atoms with van der Waals surface area (Å²) in [5.74, 6) is 1.47. The molecule has 4 rings (SSSR count). The molecule has 0 radical (unpaired) electrons. The Morgan fingerprint density at radius 1 is 1.23 bits per heavy atom. The average molecular weight is 541 g/mol. The van der Waals surface area contributed by atoms with E-state index in [1.54, 1.807) is 32.4 Å². The van der Waals surface area contributed by atoms with Gasteiger partial charge in [-0.05, 0) is 64.7 Å². The van der Waals surface area contributed by atoms with Gasteiger partial charge in [-0.25, -0.2) is 4.98 Å². The fraction of sp³-hybridized carbons (Fsp3) is 0.552. The van der Waals surface area contributed by atoms with Crippen LogP contribution < -0.4 is 15.6 Å². The normalized spacial score (nSPS) is 16.0. The maximum absolute atomic E-state index is 12.3. The van der Waals surface area contributed by atoms with Crippen molar-refractivity contribution in [3.8, 4) is 17.1 Å². The fourth-order valence-electron chi connectivity index (χ4n) is 4.92. The van der Waals surface area contributed by atoms with Crippen molar-refractivity contribution in [3.05, 3.63) is 46.4 Å². The van der Waals surface area contributed by atoms with Crippen LogP contribution in [0.25, 0.3) is 22.4 Å². The Morgan fingerprint density at radius 3 is 2.64 bits per heavy atom. The van der Waals surface area contributed by atoms with Crippen LogP contribution in [-0.4, -0.2) is 69.8 Å². The summed E-state index contributed by atoms with van der Waals surface area (Å²) in [5.41, 5.74) is 3.34. The monoisotopic (exact) mass is 540 g/mol. The molecule has 1 fully saturated rings. The Bertz CT molecular complexity index is 1310. The smallest absolute Gasteiger partial charge is 0.326 e. The molecular weight excluding hydrogens is 500 g/mol. The number of rotatable bonds is 11. The summed E-state index contributed by atoms with van der Waals surface area (Å²) in [7, 11) is 1.76. The van der Waals surface area contributed by atoms with Crippen LogP contribution >= 0.6 is 0 Å². The van der Waals surface area contributed by atoms with Crippen LogP contribution in [0.2, 0.25) is 0 Å². The maximum Gasteiger partial charge on any atom is 0.326 e. The quantitative estimate of drug-likeness (QED) is 0.282. The molecule has 10 heteroatoms.